The Morgan fingerprint density at radius 1 is 1.33 bits per heavy atom. The van der Waals surface area contributed by atoms with Crippen molar-refractivity contribution >= 4 is 22.9 Å². The molecule has 0 radical (unpaired) electrons. The van der Waals surface area contributed by atoms with Crippen molar-refractivity contribution in [3.05, 3.63) is 21.3 Å². The maximum Gasteiger partial charge on any atom is 0.0931 e. The minimum absolute atomic E-state index is 0.136. The number of likely N-dealkylation sites (tertiary alicyclic amines) is 1. The largest absolute Gasteiger partial charge is 0.326 e. The molecule has 1 aromatic rings. The van der Waals surface area contributed by atoms with Crippen molar-refractivity contribution in [1.82, 2.24) is 4.90 Å². The van der Waals surface area contributed by atoms with Gasteiger partial charge < -0.3 is 5.73 Å². The maximum atomic E-state index is 6.22. The van der Waals surface area contributed by atoms with E-state index in [4.69, 9.17) is 17.3 Å². The fourth-order valence-electron chi connectivity index (χ4n) is 3.20. The number of thiophene rings is 1. The van der Waals surface area contributed by atoms with Crippen LogP contribution in [0.4, 0.5) is 0 Å². The highest BCUT2D eigenvalue weighted by molar-refractivity contribution is 7.16. The molecule has 2 rings (SSSR count). The normalized spacial score (nSPS) is 29.2. The molecule has 1 aliphatic heterocycles. The quantitative estimate of drug-likeness (QED) is 0.916. The van der Waals surface area contributed by atoms with Crippen LogP contribution in [0.2, 0.25) is 4.34 Å². The molecule has 2 nitrogen and oxygen atoms in total. The van der Waals surface area contributed by atoms with E-state index >= 15 is 0 Å². The van der Waals surface area contributed by atoms with Crippen LogP contribution in [0.5, 0.6) is 0 Å². The van der Waals surface area contributed by atoms with Crippen LogP contribution in [-0.2, 0) is 0 Å². The lowest BCUT2D eigenvalue weighted by atomic mass is 9.89. The summed E-state index contributed by atoms with van der Waals surface area (Å²) in [5, 5.41) is 0. The number of hydrogen-bond donors (Lipinski definition) is 1. The summed E-state index contributed by atoms with van der Waals surface area (Å²) in [6.07, 6.45) is 1.33. The van der Waals surface area contributed by atoms with Crippen LogP contribution in [0.15, 0.2) is 12.1 Å². The summed E-state index contributed by atoms with van der Waals surface area (Å²) < 4.78 is 0.855. The van der Waals surface area contributed by atoms with E-state index in [2.05, 4.69) is 31.7 Å². The summed E-state index contributed by atoms with van der Waals surface area (Å²) in [5.41, 5.74) is 6.22. The van der Waals surface area contributed by atoms with Gasteiger partial charge in [0.1, 0.15) is 0 Å². The molecule has 1 aliphatic rings. The second-order valence-electron chi connectivity index (χ2n) is 5.85. The second-order valence-corrected chi connectivity index (χ2v) is 7.59. The van der Waals surface area contributed by atoms with Crippen molar-refractivity contribution in [2.75, 3.05) is 13.1 Å². The maximum absolute atomic E-state index is 6.22. The minimum Gasteiger partial charge on any atom is -0.326 e. The Hall–Kier alpha value is -0.0900. The van der Waals surface area contributed by atoms with Crippen LogP contribution in [0, 0.1) is 11.8 Å². The highest BCUT2D eigenvalue weighted by atomic mass is 35.5. The number of hydrogen-bond acceptors (Lipinski definition) is 3. The van der Waals surface area contributed by atoms with E-state index in [1.165, 1.54) is 11.3 Å². The monoisotopic (exact) mass is 286 g/mol. The molecule has 4 atom stereocenters. The summed E-state index contributed by atoms with van der Waals surface area (Å²) >= 11 is 7.73. The molecule has 1 aromatic heterocycles. The van der Waals surface area contributed by atoms with E-state index in [0.29, 0.717) is 6.04 Å². The van der Waals surface area contributed by atoms with E-state index in [1.54, 1.807) is 11.3 Å². The molecule has 1 saturated heterocycles. The van der Waals surface area contributed by atoms with Gasteiger partial charge in [-0.2, -0.15) is 0 Å². The Morgan fingerprint density at radius 3 is 2.39 bits per heavy atom. The summed E-state index contributed by atoms with van der Waals surface area (Å²) in [6, 6.07) is 4.56. The van der Waals surface area contributed by atoms with Crippen LogP contribution in [-0.4, -0.2) is 24.0 Å². The molecular weight excluding hydrogens is 264 g/mol. The second kappa shape index (κ2) is 5.91. The standard InChI is InChI=1S/C14H23ClN2S/c1-9-6-10(2)8-17(7-9)14(11(3)16)12-4-5-13(15)18-12/h4-5,9-11,14H,6-8,16H2,1-3H3. The van der Waals surface area contributed by atoms with Crippen LogP contribution >= 0.6 is 22.9 Å². The van der Waals surface area contributed by atoms with Gasteiger partial charge in [-0.25, -0.2) is 0 Å². The van der Waals surface area contributed by atoms with Gasteiger partial charge in [-0.15, -0.1) is 11.3 Å². The Kier molecular flexibility index (Phi) is 4.70. The fraction of sp³-hybridized carbons (Fsp3) is 0.714. The van der Waals surface area contributed by atoms with Gasteiger partial charge in [-0.05, 0) is 37.3 Å². The van der Waals surface area contributed by atoms with Gasteiger partial charge in [-0.1, -0.05) is 25.4 Å². The van der Waals surface area contributed by atoms with Crippen LogP contribution in [0.1, 0.15) is 38.1 Å². The number of halogens is 1. The lowest BCUT2D eigenvalue weighted by Crippen LogP contribution is -2.46. The molecule has 0 bridgehead atoms. The van der Waals surface area contributed by atoms with E-state index < -0.39 is 0 Å². The molecule has 2 heterocycles. The number of nitrogens with two attached hydrogens (primary N) is 1. The first-order valence-corrected chi connectivity index (χ1v) is 7.91. The SMILES string of the molecule is CC1CC(C)CN(C(c2ccc(Cl)s2)C(C)N)C1. The predicted molar refractivity (Wildman–Crippen MR) is 80.2 cm³/mol. The van der Waals surface area contributed by atoms with Gasteiger partial charge in [-0.3, -0.25) is 4.90 Å². The van der Waals surface area contributed by atoms with Crippen molar-refractivity contribution in [1.29, 1.82) is 0 Å². The molecule has 2 N–H and O–H groups in total. The molecule has 102 valence electrons. The lowest BCUT2D eigenvalue weighted by Gasteiger charge is -2.41. The first-order chi connectivity index (χ1) is 8.47. The fourth-order valence-corrected chi connectivity index (χ4v) is 4.51. The van der Waals surface area contributed by atoms with Crippen LogP contribution in [0.3, 0.4) is 0 Å². The third-order valence-corrected chi connectivity index (χ3v) is 4.98. The van der Waals surface area contributed by atoms with E-state index in [-0.39, 0.29) is 6.04 Å². The third kappa shape index (κ3) is 3.27. The molecule has 4 unspecified atom stereocenters. The molecule has 18 heavy (non-hydrogen) atoms. The third-order valence-electron chi connectivity index (χ3n) is 3.67. The number of rotatable bonds is 3. The summed E-state index contributed by atoms with van der Waals surface area (Å²) in [5.74, 6) is 1.51. The molecule has 0 aliphatic carbocycles. The Balaban J connectivity index is 2.19. The molecule has 4 heteroatoms. The van der Waals surface area contributed by atoms with E-state index in [9.17, 15) is 0 Å². The van der Waals surface area contributed by atoms with Gasteiger partial charge >= 0.3 is 0 Å². The smallest absolute Gasteiger partial charge is 0.0931 e. The minimum atomic E-state index is 0.136. The highest BCUT2D eigenvalue weighted by Crippen LogP contribution is 2.35. The number of piperidine rings is 1. The molecule has 0 amide bonds. The van der Waals surface area contributed by atoms with E-state index in [1.807, 2.05) is 6.07 Å². The van der Waals surface area contributed by atoms with Gasteiger partial charge in [0.25, 0.3) is 0 Å². The Bertz CT molecular complexity index is 381. The summed E-state index contributed by atoms with van der Waals surface area (Å²) in [6.45, 7) is 9.06. The average Bonchev–Trinajstić information content (AvgIpc) is 2.62. The molecular formula is C14H23ClN2S. The molecule has 0 saturated carbocycles. The predicted octanol–water partition coefficient (Wildman–Crippen LogP) is 3.77. The molecule has 0 spiro atoms. The lowest BCUT2D eigenvalue weighted by molar-refractivity contribution is 0.0863. The van der Waals surface area contributed by atoms with Crippen molar-refractivity contribution in [2.45, 2.75) is 39.3 Å². The van der Waals surface area contributed by atoms with Crippen molar-refractivity contribution in [2.24, 2.45) is 17.6 Å². The topological polar surface area (TPSA) is 29.3 Å². The van der Waals surface area contributed by atoms with Gasteiger partial charge in [0, 0.05) is 24.0 Å². The first-order valence-electron chi connectivity index (χ1n) is 6.72. The number of nitrogens with zero attached hydrogens (tertiary/aromatic N) is 1. The summed E-state index contributed by atoms with van der Waals surface area (Å²) in [7, 11) is 0. The van der Waals surface area contributed by atoms with E-state index in [0.717, 1.165) is 29.3 Å². The first kappa shape index (κ1) is 14.3. The Morgan fingerprint density at radius 2 is 1.94 bits per heavy atom. The molecule has 1 fully saturated rings. The van der Waals surface area contributed by atoms with Crippen molar-refractivity contribution in [3.8, 4) is 0 Å². The zero-order valence-corrected chi connectivity index (χ0v) is 13.0. The van der Waals surface area contributed by atoms with Crippen molar-refractivity contribution < 1.29 is 0 Å². The van der Waals surface area contributed by atoms with Gasteiger partial charge in [0.2, 0.25) is 0 Å². The van der Waals surface area contributed by atoms with Gasteiger partial charge in [0.15, 0.2) is 0 Å². The Labute approximate surface area is 119 Å². The average molecular weight is 287 g/mol. The molecule has 0 aromatic carbocycles. The van der Waals surface area contributed by atoms with Crippen LogP contribution in [0.25, 0.3) is 0 Å². The zero-order valence-electron chi connectivity index (χ0n) is 11.4. The van der Waals surface area contributed by atoms with Gasteiger partial charge in [0.05, 0.1) is 10.4 Å². The van der Waals surface area contributed by atoms with Crippen LogP contribution < -0.4 is 5.73 Å². The van der Waals surface area contributed by atoms with Crippen molar-refractivity contribution in [3.63, 3.8) is 0 Å². The summed E-state index contributed by atoms with van der Waals surface area (Å²) in [4.78, 5) is 3.85. The zero-order chi connectivity index (χ0) is 13.3. The highest BCUT2D eigenvalue weighted by Gasteiger charge is 2.31.